The molecule has 1 unspecified atom stereocenters. The van der Waals surface area contributed by atoms with Crippen LogP contribution in [0.4, 0.5) is 0 Å². The van der Waals surface area contributed by atoms with Gasteiger partial charge in [0.1, 0.15) is 11.9 Å². The van der Waals surface area contributed by atoms with E-state index >= 15 is 0 Å². The Balaban J connectivity index is 1.74. The van der Waals surface area contributed by atoms with Crippen molar-refractivity contribution in [3.05, 3.63) is 40.8 Å². The van der Waals surface area contributed by atoms with Crippen LogP contribution < -0.4 is 5.73 Å². The third kappa shape index (κ3) is 3.72. The molecule has 2 aromatic heterocycles. The molecule has 3 heterocycles. The fourth-order valence-corrected chi connectivity index (χ4v) is 4.11. The van der Waals surface area contributed by atoms with E-state index in [2.05, 4.69) is 21.9 Å². The minimum Gasteiger partial charge on any atom is -0.392 e. The molecule has 1 fully saturated rings. The third-order valence-corrected chi connectivity index (χ3v) is 6.21. The topological polar surface area (TPSA) is 138 Å². The monoisotopic (exact) mass is 425 g/mol. The number of nitrogens with zero attached hydrogens (tertiary/aromatic N) is 4. The highest BCUT2D eigenvalue weighted by Gasteiger charge is 2.42. The molecular weight excluding hydrogens is 398 g/mol. The molecule has 1 saturated heterocycles. The second kappa shape index (κ2) is 7.43. The number of hydrogen-bond donors (Lipinski definition) is 4. The molecule has 1 aliphatic heterocycles. The number of aliphatic hydroxyl groups excluding tert-OH is 2. The van der Waals surface area contributed by atoms with Crippen molar-refractivity contribution in [2.45, 2.75) is 51.0 Å². The van der Waals surface area contributed by atoms with Gasteiger partial charge in [0.25, 0.3) is 5.91 Å². The molecule has 4 rings (SSSR count). The van der Waals surface area contributed by atoms with Crippen LogP contribution in [0.1, 0.15) is 49.0 Å². The van der Waals surface area contributed by atoms with E-state index in [0.29, 0.717) is 36.5 Å². The van der Waals surface area contributed by atoms with Crippen LogP contribution in [0.2, 0.25) is 0 Å². The molecule has 9 heteroatoms. The van der Waals surface area contributed by atoms with Gasteiger partial charge in [-0.3, -0.25) is 4.79 Å². The maximum Gasteiger partial charge on any atom is 0.267 e. The van der Waals surface area contributed by atoms with Gasteiger partial charge in [0.15, 0.2) is 5.82 Å². The predicted octanol–water partition coefficient (Wildman–Crippen LogP) is -0.353. The number of pyridine rings is 1. The summed E-state index contributed by atoms with van der Waals surface area (Å²) in [6.07, 6.45) is 0.848. The highest BCUT2D eigenvalue weighted by molar-refractivity contribution is 5.90. The largest absolute Gasteiger partial charge is 0.392 e. The SMILES string of the molecule is CN1CC[C@@](O)(C#Cc2ccnc(-n3nc(C(N)O)c4c3CC(C)(C)[C@@H](O)C4)c2)C1=O. The number of carbonyl (C=O) groups is 1. The average Bonchev–Trinajstić information content (AvgIpc) is 3.20. The Morgan fingerprint density at radius 3 is 2.77 bits per heavy atom. The molecule has 3 atom stereocenters. The van der Waals surface area contributed by atoms with Crippen LogP contribution in [-0.4, -0.2) is 66.2 Å². The van der Waals surface area contributed by atoms with E-state index in [-0.39, 0.29) is 11.8 Å². The lowest BCUT2D eigenvalue weighted by atomic mass is 9.74. The number of hydrogen-bond acceptors (Lipinski definition) is 7. The van der Waals surface area contributed by atoms with E-state index in [9.17, 15) is 20.1 Å². The van der Waals surface area contributed by atoms with Crippen molar-refractivity contribution in [3.63, 3.8) is 0 Å². The number of fused-ring (bicyclic) bond motifs is 1. The second-order valence-electron chi connectivity index (χ2n) is 9.04. The van der Waals surface area contributed by atoms with E-state index in [1.807, 2.05) is 13.8 Å². The van der Waals surface area contributed by atoms with Gasteiger partial charge >= 0.3 is 0 Å². The van der Waals surface area contributed by atoms with E-state index in [4.69, 9.17) is 5.73 Å². The Kier molecular flexibility index (Phi) is 5.14. The van der Waals surface area contributed by atoms with Gasteiger partial charge in [0.05, 0.1) is 11.8 Å². The van der Waals surface area contributed by atoms with E-state index in [1.54, 1.807) is 30.1 Å². The number of carbonyl (C=O) groups excluding carboxylic acids is 1. The Labute approximate surface area is 180 Å². The van der Waals surface area contributed by atoms with Crippen LogP contribution in [0.5, 0.6) is 0 Å². The summed E-state index contributed by atoms with van der Waals surface area (Å²) >= 11 is 0. The minimum atomic E-state index is -1.68. The molecule has 164 valence electrons. The van der Waals surface area contributed by atoms with Gasteiger partial charge in [-0.05, 0) is 24.0 Å². The third-order valence-electron chi connectivity index (χ3n) is 6.21. The summed E-state index contributed by atoms with van der Waals surface area (Å²) in [6.45, 7) is 4.40. The number of rotatable bonds is 2. The number of aromatic nitrogens is 3. The number of amides is 1. The molecule has 0 radical (unpaired) electrons. The molecule has 0 saturated carbocycles. The summed E-state index contributed by atoms with van der Waals surface area (Å²) in [6, 6.07) is 3.39. The highest BCUT2D eigenvalue weighted by atomic mass is 16.3. The normalized spacial score (nSPS) is 25.7. The summed E-state index contributed by atoms with van der Waals surface area (Å²) < 4.78 is 1.63. The van der Waals surface area contributed by atoms with Crippen molar-refractivity contribution in [3.8, 4) is 17.7 Å². The second-order valence-corrected chi connectivity index (χ2v) is 9.04. The lowest BCUT2D eigenvalue weighted by molar-refractivity contribution is -0.137. The summed E-state index contributed by atoms with van der Waals surface area (Å²) in [4.78, 5) is 18.0. The van der Waals surface area contributed by atoms with Crippen molar-refractivity contribution >= 4 is 5.91 Å². The van der Waals surface area contributed by atoms with E-state index in [1.165, 1.54) is 4.90 Å². The maximum atomic E-state index is 12.1. The Morgan fingerprint density at radius 1 is 1.39 bits per heavy atom. The molecule has 1 aliphatic carbocycles. The zero-order valence-electron chi connectivity index (χ0n) is 17.8. The molecule has 9 nitrogen and oxygen atoms in total. The van der Waals surface area contributed by atoms with E-state index in [0.717, 1.165) is 11.3 Å². The molecule has 0 bridgehead atoms. The van der Waals surface area contributed by atoms with Crippen molar-refractivity contribution in [1.29, 1.82) is 0 Å². The van der Waals surface area contributed by atoms with Gasteiger partial charge < -0.3 is 26.0 Å². The maximum absolute atomic E-state index is 12.1. The number of aliphatic hydroxyl groups is 3. The summed E-state index contributed by atoms with van der Waals surface area (Å²) in [7, 11) is 1.63. The minimum absolute atomic E-state index is 0.259. The standard InChI is InChI=1S/C22H27N5O4/c1-21(2)12-15-14(11-16(21)28)18(19(23)29)25-27(15)17-10-13(5-8-24-17)4-6-22(31)7-9-26(3)20(22)30/h5,8,10,16,19,28-29,31H,7,9,11-12,23H2,1-3H3/t16-,19?,22-/m0/s1. The summed E-state index contributed by atoms with van der Waals surface area (Å²) in [5, 5.41) is 35.5. The van der Waals surface area contributed by atoms with Crippen LogP contribution in [0.25, 0.3) is 5.82 Å². The first kappa shape index (κ1) is 21.5. The number of likely N-dealkylation sites (N-methyl/N-ethyl adjacent to an activating group) is 1. The van der Waals surface area contributed by atoms with Gasteiger partial charge in [0.2, 0.25) is 5.60 Å². The predicted molar refractivity (Wildman–Crippen MR) is 112 cm³/mol. The Hall–Kier alpha value is -2.77. The van der Waals surface area contributed by atoms with Crippen LogP contribution in [0, 0.1) is 17.3 Å². The van der Waals surface area contributed by atoms with Crippen LogP contribution >= 0.6 is 0 Å². The molecule has 31 heavy (non-hydrogen) atoms. The first-order valence-corrected chi connectivity index (χ1v) is 10.2. The quantitative estimate of drug-likeness (QED) is 0.381. The molecule has 2 aliphatic rings. The van der Waals surface area contributed by atoms with Gasteiger partial charge in [-0.1, -0.05) is 25.7 Å². The summed E-state index contributed by atoms with van der Waals surface area (Å²) in [5.74, 6) is 5.65. The van der Waals surface area contributed by atoms with Crippen molar-refractivity contribution < 1.29 is 20.1 Å². The first-order chi connectivity index (χ1) is 14.5. The molecule has 0 spiro atoms. The lowest BCUT2D eigenvalue weighted by Gasteiger charge is -2.35. The number of likely N-dealkylation sites (tertiary alicyclic amines) is 1. The molecule has 2 aromatic rings. The fourth-order valence-electron chi connectivity index (χ4n) is 4.11. The zero-order valence-corrected chi connectivity index (χ0v) is 17.8. The highest BCUT2D eigenvalue weighted by Crippen LogP contribution is 2.38. The first-order valence-electron chi connectivity index (χ1n) is 10.2. The average molecular weight is 425 g/mol. The van der Waals surface area contributed by atoms with Crippen LogP contribution in [0.15, 0.2) is 18.3 Å². The number of nitrogens with two attached hydrogens (primary N) is 1. The Morgan fingerprint density at radius 2 is 2.13 bits per heavy atom. The molecule has 0 aromatic carbocycles. The van der Waals surface area contributed by atoms with Gasteiger partial charge in [-0.15, -0.1) is 0 Å². The van der Waals surface area contributed by atoms with Gasteiger partial charge in [-0.25, -0.2) is 9.67 Å². The molecule has 1 amide bonds. The smallest absolute Gasteiger partial charge is 0.267 e. The molecule has 5 N–H and O–H groups in total. The Bertz CT molecular complexity index is 1100. The lowest BCUT2D eigenvalue weighted by Crippen LogP contribution is -2.38. The summed E-state index contributed by atoms with van der Waals surface area (Å²) in [5.41, 5.74) is 6.11. The van der Waals surface area contributed by atoms with Crippen molar-refractivity contribution in [2.75, 3.05) is 13.6 Å². The van der Waals surface area contributed by atoms with Crippen molar-refractivity contribution in [1.82, 2.24) is 19.7 Å². The van der Waals surface area contributed by atoms with E-state index < -0.39 is 23.8 Å². The van der Waals surface area contributed by atoms with Crippen LogP contribution in [0.3, 0.4) is 0 Å². The zero-order chi connectivity index (χ0) is 22.6. The van der Waals surface area contributed by atoms with Gasteiger partial charge in [-0.2, -0.15) is 5.10 Å². The molecular formula is C22H27N5O4. The van der Waals surface area contributed by atoms with Gasteiger partial charge in [0, 0.05) is 43.8 Å². The van der Waals surface area contributed by atoms with Crippen LogP contribution in [-0.2, 0) is 17.6 Å². The van der Waals surface area contributed by atoms with Crippen molar-refractivity contribution in [2.24, 2.45) is 11.1 Å². The fraction of sp³-hybridized carbons (Fsp3) is 0.500.